The van der Waals surface area contributed by atoms with Crippen molar-refractivity contribution in [3.63, 3.8) is 0 Å². The molecule has 0 unspecified atom stereocenters. The molecule has 0 saturated heterocycles. The number of benzene rings is 1. The maximum atomic E-state index is 11.9. The highest BCUT2D eigenvalue weighted by molar-refractivity contribution is 5.23. The van der Waals surface area contributed by atoms with E-state index in [1.54, 1.807) is 0 Å². The number of nitrogens with one attached hydrogen (secondary N) is 1. The van der Waals surface area contributed by atoms with Gasteiger partial charge in [-0.3, -0.25) is 0 Å². The molecule has 0 amide bonds. The van der Waals surface area contributed by atoms with E-state index in [0.29, 0.717) is 13.0 Å². The summed E-state index contributed by atoms with van der Waals surface area (Å²) in [4.78, 5) is 0. The van der Waals surface area contributed by atoms with Gasteiger partial charge in [-0.25, -0.2) is 0 Å². The van der Waals surface area contributed by atoms with Crippen LogP contribution in [0.2, 0.25) is 0 Å². The molecule has 0 aliphatic carbocycles. The van der Waals surface area contributed by atoms with Gasteiger partial charge in [-0.15, -0.1) is 0 Å². The molecule has 96 valence electrons. The zero-order chi connectivity index (χ0) is 12.9. The van der Waals surface area contributed by atoms with E-state index in [2.05, 4.69) is 5.32 Å². The Hall–Kier alpha value is -1.03. The average molecular weight is 245 g/mol. The second kappa shape index (κ2) is 5.54. The Balaban J connectivity index is 2.41. The lowest BCUT2D eigenvalue weighted by molar-refractivity contribution is -0.124. The Morgan fingerprint density at radius 1 is 1.06 bits per heavy atom. The fourth-order valence-corrected chi connectivity index (χ4v) is 1.66. The predicted octanol–water partition coefficient (Wildman–Crippen LogP) is 3.51. The van der Waals surface area contributed by atoms with Gasteiger partial charge in [0.1, 0.15) is 0 Å². The topological polar surface area (TPSA) is 12.0 Å². The number of alkyl halides is 3. The molecular formula is C13H18F3N. The molecule has 0 saturated carbocycles. The van der Waals surface area contributed by atoms with E-state index in [0.717, 1.165) is 5.56 Å². The first-order chi connectivity index (χ1) is 7.81. The number of hydrogen-bond acceptors (Lipinski definition) is 1. The smallest absolute Gasteiger partial charge is 0.309 e. The highest BCUT2D eigenvalue weighted by atomic mass is 19.4. The van der Waals surface area contributed by atoms with Crippen molar-refractivity contribution < 1.29 is 13.2 Å². The molecule has 0 spiro atoms. The van der Waals surface area contributed by atoms with Crippen LogP contribution >= 0.6 is 0 Å². The minimum atomic E-state index is -4.13. The maximum absolute atomic E-state index is 11.9. The highest BCUT2D eigenvalue weighted by Crippen LogP contribution is 2.26. The number of hydrogen-bond donors (Lipinski definition) is 1. The standard InChI is InChI=1S/C13H18F3N/c1-12(2,11-6-4-3-5-7-11)8-9-17-10-13(14,15)16/h3-7,17H,8-10H2,1-2H3. The third kappa shape index (κ3) is 5.22. The summed E-state index contributed by atoms with van der Waals surface area (Å²) in [6.07, 6.45) is -3.45. The third-order valence-electron chi connectivity index (χ3n) is 2.81. The largest absolute Gasteiger partial charge is 0.401 e. The van der Waals surface area contributed by atoms with E-state index in [9.17, 15) is 13.2 Å². The minimum Gasteiger partial charge on any atom is -0.309 e. The van der Waals surface area contributed by atoms with Crippen LogP contribution in [0.1, 0.15) is 25.8 Å². The van der Waals surface area contributed by atoms with E-state index in [1.807, 2.05) is 44.2 Å². The summed E-state index contributed by atoms with van der Waals surface area (Å²) in [5.74, 6) is 0. The van der Waals surface area contributed by atoms with Gasteiger partial charge in [0.15, 0.2) is 0 Å². The average Bonchev–Trinajstić information content (AvgIpc) is 2.25. The molecule has 1 nitrogen and oxygen atoms in total. The summed E-state index contributed by atoms with van der Waals surface area (Å²) in [5.41, 5.74) is 1.04. The third-order valence-corrected chi connectivity index (χ3v) is 2.81. The van der Waals surface area contributed by atoms with E-state index in [-0.39, 0.29) is 5.41 Å². The van der Waals surface area contributed by atoms with Crippen LogP contribution in [0, 0.1) is 0 Å². The molecule has 0 fully saturated rings. The van der Waals surface area contributed by atoms with Gasteiger partial charge in [-0.2, -0.15) is 13.2 Å². The zero-order valence-electron chi connectivity index (χ0n) is 10.1. The van der Waals surface area contributed by atoms with Crippen molar-refractivity contribution in [1.82, 2.24) is 5.32 Å². The van der Waals surface area contributed by atoms with Gasteiger partial charge >= 0.3 is 6.18 Å². The van der Waals surface area contributed by atoms with E-state index in [4.69, 9.17) is 0 Å². The molecule has 1 aromatic rings. The highest BCUT2D eigenvalue weighted by Gasteiger charge is 2.27. The summed E-state index contributed by atoms with van der Waals surface area (Å²) in [6.45, 7) is 3.52. The molecule has 0 aliphatic rings. The Morgan fingerprint density at radius 3 is 2.18 bits per heavy atom. The van der Waals surface area contributed by atoms with Crippen LogP contribution in [0.25, 0.3) is 0 Å². The van der Waals surface area contributed by atoms with Gasteiger partial charge in [0, 0.05) is 0 Å². The minimum absolute atomic E-state index is 0.111. The molecule has 0 heterocycles. The molecule has 0 bridgehead atoms. The zero-order valence-corrected chi connectivity index (χ0v) is 10.1. The monoisotopic (exact) mass is 245 g/mol. The molecule has 0 aromatic heterocycles. The fraction of sp³-hybridized carbons (Fsp3) is 0.538. The SMILES string of the molecule is CC(C)(CCNCC(F)(F)F)c1ccccc1. The van der Waals surface area contributed by atoms with E-state index < -0.39 is 12.7 Å². The van der Waals surface area contributed by atoms with Gasteiger partial charge in [0.25, 0.3) is 0 Å². The van der Waals surface area contributed by atoms with Crippen LogP contribution in [0.5, 0.6) is 0 Å². The normalized spacial score (nSPS) is 12.8. The van der Waals surface area contributed by atoms with Crippen LogP contribution in [-0.4, -0.2) is 19.3 Å². The maximum Gasteiger partial charge on any atom is 0.401 e. The Morgan fingerprint density at radius 2 is 1.65 bits per heavy atom. The lowest BCUT2D eigenvalue weighted by Gasteiger charge is -2.25. The van der Waals surface area contributed by atoms with Crippen molar-refractivity contribution in [3.8, 4) is 0 Å². The van der Waals surface area contributed by atoms with Crippen molar-refractivity contribution in [1.29, 1.82) is 0 Å². The Bertz CT molecular complexity index is 330. The molecule has 1 rings (SSSR count). The van der Waals surface area contributed by atoms with Crippen molar-refractivity contribution in [2.24, 2.45) is 0 Å². The first-order valence-corrected chi connectivity index (χ1v) is 5.64. The van der Waals surface area contributed by atoms with Crippen LogP contribution in [0.4, 0.5) is 13.2 Å². The Kier molecular flexibility index (Phi) is 4.57. The van der Waals surface area contributed by atoms with Crippen molar-refractivity contribution in [2.45, 2.75) is 31.9 Å². The molecule has 17 heavy (non-hydrogen) atoms. The molecule has 0 radical (unpaired) electrons. The first-order valence-electron chi connectivity index (χ1n) is 5.64. The van der Waals surface area contributed by atoms with Crippen molar-refractivity contribution >= 4 is 0 Å². The van der Waals surface area contributed by atoms with Gasteiger partial charge < -0.3 is 5.32 Å². The van der Waals surface area contributed by atoms with Crippen LogP contribution in [0.3, 0.4) is 0 Å². The van der Waals surface area contributed by atoms with Gasteiger partial charge in [0.05, 0.1) is 6.54 Å². The summed E-state index contributed by atoms with van der Waals surface area (Å²) < 4.78 is 35.8. The van der Waals surface area contributed by atoms with Crippen molar-refractivity contribution in [3.05, 3.63) is 35.9 Å². The van der Waals surface area contributed by atoms with E-state index >= 15 is 0 Å². The van der Waals surface area contributed by atoms with Gasteiger partial charge in [0.2, 0.25) is 0 Å². The first kappa shape index (κ1) is 14.0. The van der Waals surface area contributed by atoms with Crippen molar-refractivity contribution in [2.75, 3.05) is 13.1 Å². The fourth-order valence-electron chi connectivity index (χ4n) is 1.66. The van der Waals surface area contributed by atoms with Crippen LogP contribution in [0.15, 0.2) is 30.3 Å². The molecular weight excluding hydrogens is 227 g/mol. The lowest BCUT2D eigenvalue weighted by Crippen LogP contribution is -2.32. The summed E-state index contributed by atoms with van der Waals surface area (Å²) in [7, 11) is 0. The lowest BCUT2D eigenvalue weighted by atomic mass is 9.81. The predicted molar refractivity (Wildman–Crippen MR) is 63.0 cm³/mol. The molecule has 1 N–H and O–H groups in total. The second-order valence-corrected chi connectivity index (χ2v) is 4.79. The number of halogens is 3. The van der Waals surface area contributed by atoms with Gasteiger partial charge in [-0.05, 0) is 23.9 Å². The summed E-state index contributed by atoms with van der Waals surface area (Å²) >= 11 is 0. The molecule has 4 heteroatoms. The second-order valence-electron chi connectivity index (χ2n) is 4.79. The molecule has 0 aliphatic heterocycles. The molecule has 0 atom stereocenters. The quantitative estimate of drug-likeness (QED) is 0.783. The number of rotatable bonds is 5. The van der Waals surface area contributed by atoms with Gasteiger partial charge in [-0.1, -0.05) is 44.2 Å². The Labute approximate surface area is 100 Å². The van der Waals surface area contributed by atoms with Crippen LogP contribution in [-0.2, 0) is 5.41 Å². The molecule has 1 aromatic carbocycles. The summed E-state index contributed by atoms with van der Waals surface area (Å²) in [5, 5.41) is 2.43. The summed E-state index contributed by atoms with van der Waals surface area (Å²) in [6, 6.07) is 9.83. The van der Waals surface area contributed by atoms with E-state index in [1.165, 1.54) is 0 Å². The van der Waals surface area contributed by atoms with Crippen LogP contribution < -0.4 is 5.32 Å².